The van der Waals surface area contributed by atoms with Crippen molar-refractivity contribution in [3.05, 3.63) is 35.9 Å². The molecule has 0 fully saturated rings. The number of ether oxygens (including phenoxy) is 1. The average Bonchev–Trinajstić information content (AvgIpc) is 2.87. The molecule has 19 heavy (non-hydrogen) atoms. The fourth-order valence-electron chi connectivity index (χ4n) is 1.57. The molecule has 0 aliphatic heterocycles. The molecule has 2 N–H and O–H groups in total. The van der Waals surface area contributed by atoms with E-state index < -0.39 is 5.54 Å². The Hall–Kier alpha value is -1.79. The fraction of sp³-hybridized carbons (Fsp3) is 0.385. The van der Waals surface area contributed by atoms with Gasteiger partial charge in [0, 0.05) is 12.2 Å². The van der Waals surface area contributed by atoms with Crippen molar-refractivity contribution in [1.82, 2.24) is 10.1 Å². The van der Waals surface area contributed by atoms with E-state index in [1.165, 1.54) is 12.1 Å². The Kier molecular flexibility index (Phi) is 3.92. The van der Waals surface area contributed by atoms with Crippen LogP contribution in [0.25, 0.3) is 11.5 Å². The van der Waals surface area contributed by atoms with Gasteiger partial charge in [-0.15, -0.1) is 0 Å². The van der Waals surface area contributed by atoms with Crippen LogP contribution < -0.4 is 5.73 Å². The minimum absolute atomic E-state index is 0.239. The SMILES string of the molecule is CCOCC(C)(N)c1noc(-c2cccc(F)c2)n1. The van der Waals surface area contributed by atoms with E-state index in [0.29, 0.717) is 18.0 Å². The van der Waals surface area contributed by atoms with Gasteiger partial charge in [-0.3, -0.25) is 0 Å². The highest BCUT2D eigenvalue weighted by molar-refractivity contribution is 5.52. The third-order valence-electron chi connectivity index (χ3n) is 2.61. The first-order valence-electron chi connectivity index (χ1n) is 5.99. The lowest BCUT2D eigenvalue weighted by atomic mass is 10.1. The number of aromatic nitrogens is 2. The first-order valence-corrected chi connectivity index (χ1v) is 5.99. The summed E-state index contributed by atoms with van der Waals surface area (Å²) in [7, 11) is 0. The zero-order valence-electron chi connectivity index (χ0n) is 10.9. The highest BCUT2D eigenvalue weighted by atomic mass is 19.1. The van der Waals surface area contributed by atoms with Crippen LogP contribution in [0.15, 0.2) is 28.8 Å². The van der Waals surface area contributed by atoms with Crippen LogP contribution in [0.3, 0.4) is 0 Å². The molecule has 0 bridgehead atoms. The predicted molar refractivity (Wildman–Crippen MR) is 67.7 cm³/mol. The van der Waals surface area contributed by atoms with Gasteiger partial charge in [0.2, 0.25) is 0 Å². The molecule has 0 amide bonds. The van der Waals surface area contributed by atoms with E-state index in [-0.39, 0.29) is 18.3 Å². The summed E-state index contributed by atoms with van der Waals surface area (Å²) >= 11 is 0. The van der Waals surface area contributed by atoms with Crippen LogP contribution in [0.5, 0.6) is 0 Å². The summed E-state index contributed by atoms with van der Waals surface area (Å²) in [5.41, 5.74) is 5.74. The Labute approximate surface area is 110 Å². The molecular formula is C13H16FN3O2. The summed E-state index contributed by atoms with van der Waals surface area (Å²) in [6.07, 6.45) is 0. The minimum atomic E-state index is -0.842. The fourth-order valence-corrected chi connectivity index (χ4v) is 1.57. The van der Waals surface area contributed by atoms with Crippen molar-refractivity contribution in [3.8, 4) is 11.5 Å². The van der Waals surface area contributed by atoms with Crippen molar-refractivity contribution in [2.24, 2.45) is 5.73 Å². The standard InChI is InChI=1S/C13H16FN3O2/c1-3-18-8-13(2,15)12-16-11(19-17-12)9-5-4-6-10(14)7-9/h4-7H,3,8,15H2,1-2H3. The molecule has 0 radical (unpaired) electrons. The van der Waals surface area contributed by atoms with Crippen molar-refractivity contribution in [2.45, 2.75) is 19.4 Å². The number of halogens is 1. The summed E-state index contributed by atoms with van der Waals surface area (Å²) in [5.74, 6) is 0.213. The van der Waals surface area contributed by atoms with E-state index in [1.54, 1.807) is 19.1 Å². The van der Waals surface area contributed by atoms with Crippen molar-refractivity contribution in [3.63, 3.8) is 0 Å². The molecule has 1 atom stereocenters. The number of nitrogens with zero attached hydrogens (tertiary/aromatic N) is 2. The zero-order chi connectivity index (χ0) is 13.9. The summed E-state index contributed by atoms with van der Waals surface area (Å²) in [6.45, 7) is 4.47. The maximum atomic E-state index is 13.1. The first-order chi connectivity index (χ1) is 9.03. The van der Waals surface area contributed by atoms with Gasteiger partial charge < -0.3 is 15.0 Å². The molecule has 2 aromatic rings. The topological polar surface area (TPSA) is 74.2 Å². The summed E-state index contributed by atoms with van der Waals surface area (Å²) in [6, 6.07) is 5.95. The molecule has 1 aromatic carbocycles. The van der Waals surface area contributed by atoms with Crippen molar-refractivity contribution in [2.75, 3.05) is 13.2 Å². The number of hydrogen-bond donors (Lipinski definition) is 1. The Morgan fingerprint density at radius 3 is 2.95 bits per heavy atom. The second-order valence-corrected chi connectivity index (χ2v) is 4.49. The van der Waals surface area contributed by atoms with Crippen LogP contribution in [0, 0.1) is 5.82 Å². The number of rotatable bonds is 5. The lowest BCUT2D eigenvalue weighted by Gasteiger charge is -2.19. The predicted octanol–water partition coefficient (Wildman–Crippen LogP) is 2.09. The number of nitrogens with two attached hydrogens (primary N) is 1. The van der Waals surface area contributed by atoms with Gasteiger partial charge in [0.05, 0.1) is 6.61 Å². The van der Waals surface area contributed by atoms with Crippen LogP contribution >= 0.6 is 0 Å². The molecule has 2 rings (SSSR count). The quantitative estimate of drug-likeness (QED) is 0.896. The summed E-state index contributed by atoms with van der Waals surface area (Å²) in [5, 5.41) is 3.83. The highest BCUT2D eigenvalue weighted by Crippen LogP contribution is 2.22. The molecular weight excluding hydrogens is 249 g/mol. The molecule has 1 aromatic heterocycles. The Bertz CT molecular complexity index is 554. The second-order valence-electron chi connectivity index (χ2n) is 4.49. The third kappa shape index (κ3) is 3.15. The van der Waals surface area contributed by atoms with Gasteiger partial charge in [0.1, 0.15) is 11.4 Å². The van der Waals surface area contributed by atoms with Crippen molar-refractivity contribution in [1.29, 1.82) is 0 Å². The van der Waals surface area contributed by atoms with Crippen molar-refractivity contribution >= 4 is 0 Å². The molecule has 0 aliphatic carbocycles. The van der Waals surface area contributed by atoms with E-state index in [9.17, 15) is 4.39 Å². The van der Waals surface area contributed by atoms with Crippen LogP contribution in [-0.4, -0.2) is 23.4 Å². The number of benzene rings is 1. The van der Waals surface area contributed by atoms with Crippen LogP contribution in [0.2, 0.25) is 0 Å². The van der Waals surface area contributed by atoms with Crippen LogP contribution in [-0.2, 0) is 10.3 Å². The Morgan fingerprint density at radius 2 is 2.26 bits per heavy atom. The van der Waals surface area contributed by atoms with Gasteiger partial charge in [-0.05, 0) is 32.0 Å². The maximum Gasteiger partial charge on any atom is 0.258 e. The van der Waals surface area contributed by atoms with E-state index in [1.807, 2.05) is 6.92 Å². The lowest BCUT2D eigenvalue weighted by Crippen LogP contribution is -2.39. The van der Waals surface area contributed by atoms with E-state index >= 15 is 0 Å². The summed E-state index contributed by atoms with van der Waals surface area (Å²) < 4.78 is 23.5. The molecule has 102 valence electrons. The van der Waals surface area contributed by atoms with E-state index in [0.717, 1.165) is 0 Å². The van der Waals surface area contributed by atoms with Gasteiger partial charge >= 0.3 is 0 Å². The Morgan fingerprint density at radius 1 is 1.47 bits per heavy atom. The normalized spacial score (nSPS) is 14.3. The largest absolute Gasteiger partial charge is 0.379 e. The van der Waals surface area contributed by atoms with Gasteiger partial charge in [-0.2, -0.15) is 4.98 Å². The first kappa shape index (κ1) is 13.6. The third-order valence-corrected chi connectivity index (χ3v) is 2.61. The molecule has 1 heterocycles. The van der Waals surface area contributed by atoms with Crippen LogP contribution in [0.4, 0.5) is 4.39 Å². The maximum absolute atomic E-state index is 13.1. The van der Waals surface area contributed by atoms with Gasteiger partial charge in [0.25, 0.3) is 5.89 Å². The molecule has 0 aliphatic rings. The van der Waals surface area contributed by atoms with E-state index in [2.05, 4.69) is 10.1 Å². The monoisotopic (exact) mass is 265 g/mol. The molecule has 0 saturated heterocycles. The Balaban J connectivity index is 2.23. The van der Waals surface area contributed by atoms with Crippen LogP contribution in [0.1, 0.15) is 19.7 Å². The molecule has 1 unspecified atom stereocenters. The van der Waals surface area contributed by atoms with E-state index in [4.69, 9.17) is 15.0 Å². The molecule has 0 saturated carbocycles. The zero-order valence-corrected chi connectivity index (χ0v) is 10.9. The smallest absolute Gasteiger partial charge is 0.258 e. The second kappa shape index (κ2) is 5.46. The number of hydrogen-bond acceptors (Lipinski definition) is 5. The van der Waals surface area contributed by atoms with Gasteiger partial charge in [-0.25, -0.2) is 4.39 Å². The lowest BCUT2D eigenvalue weighted by molar-refractivity contribution is 0.0962. The summed E-state index contributed by atoms with van der Waals surface area (Å²) in [4.78, 5) is 4.20. The molecule has 5 nitrogen and oxygen atoms in total. The molecule has 0 spiro atoms. The van der Waals surface area contributed by atoms with Gasteiger partial charge in [0.15, 0.2) is 5.82 Å². The minimum Gasteiger partial charge on any atom is -0.379 e. The average molecular weight is 265 g/mol. The molecule has 6 heteroatoms. The highest BCUT2D eigenvalue weighted by Gasteiger charge is 2.28. The van der Waals surface area contributed by atoms with Gasteiger partial charge in [-0.1, -0.05) is 11.2 Å². The van der Waals surface area contributed by atoms with Crippen molar-refractivity contribution < 1.29 is 13.7 Å².